The Hall–Kier alpha value is -2.21. The molecule has 122 valence electrons. The van der Waals surface area contributed by atoms with Crippen molar-refractivity contribution < 1.29 is 35.9 Å². The first-order valence-corrected chi connectivity index (χ1v) is 7.13. The van der Waals surface area contributed by atoms with Gasteiger partial charge in [-0.25, -0.2) is 14.3 Å². The fraction of sp³-hybridized carbons (Fsp3) is 0.235. The average Bonchev–Trinajstić information content (AvgIpc) is 2.97. The number of ketones is 1. The van der Waals surface area contributed by atoms with Crippen molar-refractivity contribution in [3.8, 4) is 0 Å². The maximum Gasteiger partial charge on any atom is 0.338 e. The van der Waals surface area contributed by atoms with Gasteiger partial charge in [-0.3, -0.25) is 4.79 Å². The lowest BCUT2D eigenvalue weighted by molar-refractivity contribution is -0.687. The van der Waals surface area contributed by atoms with Crippen molar-refractivity contribution in [3.63, 3.8) is 0 Å². The highest BCUT2D eigenvalue weighted by atomic mass is 79.9. The van der Waals surface area contributed by atoms with Crippen molar-refractivity contribution in [2.24, 2.45) is 0 Å². The summed E-state index contributed by atoms with van der Waals surface area (Å²) < 4.78 is 6.78. The van der Waals surface area contributed by atoms with Crippen LogP contribution in [0, 0.1) is 0 Å². The van der Waals surface area contributed by atoms with E-state index in [9.17, 15) is 9.59 Å². The number of hydrogen-bond donors (Lipinski definition) is 1. The molecule has 0 saturated carbocycles. The minimum absolute atomic E-state index is 0. The summed E-state index contributed by atoms with van der Waals surface area (Å²) in [6.07, 6.45) is 7.46. The standard InChI is InChI=1S/C17H18N2O3.BrH/c1-3-22-17(21)15-8-6-14(7-9-15)5-4-11-19-12-10-18-16(19)13(2)20;/h4-10,12H,3,11H2,1-2H3;1H. The van der Waals surface area contributed by atoms with Crippen LogP contribution in [0.3, 0.4) is 0 Å². The number of carbonyl (C=O) groups is 2. The molecule has 0 spiro atoms. The van der Waals surface area contributed by atoms with Gasteiger partial charge in [0.25, 0.3) is 0 Å². The van der Waals surface area contributed by atoms with Gasteiger partial charge in [0.15, 0.2) is 0 Å². The van der Waals surface area contributed by atoms with Crippen LogP contribution in [0.25, 0.3) is 6.08 Å². The lowest BCUT2D eigenvalue weighted by Crippen LogP contribution is -3.00. The second-order valence-corrected chi connectivity index (χ2v) is 4.76. The molecule has 0 aliphatic heterocycles. The first-order valence-electron chi connectivity index (χ1n) is 7.13. The van der Waals surface area contributed by atoms with Crippen molar-refractivity contribution in [1.82, 2.24) is 4.98 Å². The first-order chi connectivity index (χ1) is 10.6. The number of Topliss-reactive ketones (excluding diaryl/α,β-unsaturated/α-hetero) is 1. The van der Waals surface area contributed by atoms with E-state index in [0.717, 1.165) is 5.56 Å². The lowest BCUT2D eigenvalue weighted by Gasteiger charge is -2.01. The van der Waals surface area contributed by atoms with Crippen molar-refractivity contribution in [3.05, 3.63) is 59.7 Å². The normalized spacial score (nSPS) is 10.3. The molecule has 0 bridgehead atoms. The monoisotopic (exact) mass is 378 g/mol. The van der Waals surface area contributed by atoms with Crippen LogP contribution in [0.15, 0.2) is 42.7 Å². The quantitative estimate of drug-likeness (QED) is 0.414. The molecule has 0 atom stereocenters. The average molecular weight is 379 g/mol. The van der Waals surface area contributed by atoms with Gasteiger partial charge in [-0.05, 0) is 30.7 Å². The van der Waals surface area contributed by atoms with Gasteiger partial charge in [0.1, 0.15) is 18.9 Å². The maximum absolute atomic E-state index is 11.5. The number of hydrogen-bond acceptors (Lipinski definition) is 3. The number of allylic oxidation sites excluding steroid dienone is 1. The number of ether oxygens (including phenoxy) is 1. The predicted octanol–water partition coefficient (Wildman–Crippen LogP) is -0.601. The first kappa shape index (κ1) is 18.8. The van der Waals surface area contributed by atoms with E-state index < -0.39 is 0 Å². The van der Waals surface area contributed by atoms with Crippen LogP contribution in [-0.2, 0) is 11.3 Å². The number of imidazole rings is 1. The zero-order valence-corrected chi connectivity index (χ0v) is 14.7. The molecule has 1 aromatic carbocycles. The van der Waals surface area contributed by atoms with E-state index in [2.05, 4.69) is 4.98 Å². The van der Waals surface area contributed by atoms with Crippen molar-refractivity contribution in [1.29, 1.82) is 0 Å². The fourth-order valence-electron chi connectivity index (χ4n) is 2.07. The number of nitrogens with one attached hydrogen (secondary N) is 1. The van der Waals surface area contributed by atoms with Gasteiger partial charge in [-0.2, -0.15) is 0 Å². The number of halogens is 1. The molecule has 0 aliphatic carbocycles. The van der Waals surface area contributed by atoms with E-state index in [1.54, 1.807) is 25.3 Å². The Morgan fingerprint density at radius 2 is 1.96 bits per heavy atom. The zero-order valence-electron chi connectivity index (χ0n) is 13.1. The van der Waals surface area contributed by atoms with Crippen LogP contribution in [0.1, 0.15) is 40.4 Å². The highest BCUT2D eigenvalue weighted by Crippen LogP contribution is 2.07. The van der Waals surface area contributed by atoms with Crippen LogP contribution in [-0.4, -0.2) is 23.3 Å². The molecule has 0 aliphatic rings. The third-order valence-electron chi connectivity index (χ3n) is 3.13. The molecule has 0 radical (unpaired) electrons. The summed E-state index contributed by atoms with van der Waals surface area (Å²) in [5, 5.41) is 0. The van der Waals surface area contributed by atoms with Crippen LogP contribution >= 0.6 is 0 Å². The Morgan fingerprint density at radius 1 is 1.26 bits per heavy atom. The topological polar surface area (TPSA) is 63.0 Å². The Kier molecular flexibility index (Phi) is 7.41. The minimum Gasteiger partial charge on any atom is -1.00 e. The maximum atomic E-state index is 11.5. The summed E-state index contributed by atoms with van der Waals surface area (Å²) >= 11 is 0. The van der Waals surface area contributed by atoms with Gasteiger partial charge < -0.3 is 21.7 Å². The zero-order chi connectivity index (χ0) is 15.9. The van der Waals surface area contributed by atoms with Gasteiger partial charge >= 0.3 is 11.8 Å². The van der Waals surface area contributed by atoms with Gasteiger partial charge in [0.2, 0.25) is 5.78 Å². The van der Waals surface area contributed by atoms with E-state index in [-0.39, 0.29) is 28.7 Å². The third kappa shape index (κ3) is 5.17. The number of aromatic amines is 1. The summed E-state index contributed by atoms with van der Waals surface area (Å²) in [5.74, 6) is 0.256. The molecule has 5 nitrogen and oxygen atoms in total. The van der Waals surface area contributed by atoms with Gasteiger partial charge in [-0.15, -0.1) is 0 Å². The highest BCUT2D eigenvalue weighted by Gasteiger charge is 2.13. The number of carbonyl (C=O) groups excluding carboxylic acids is 2. The largest absolute Gasteiger partial charge is 1.00 e. The van der Waals surface area contributed by atoms with Crippen LogP contribution in [0.4, 0.5) is 0 Å². The highest BCUT2D eigenvalue weighted by molar-refractivity contribution is 5.89. The molecule has 0 fully saturated rings. The number of benzene rings is 1. The Morgan fingerprint density at radius 3 is 2.57 bits per heavy atom. The molecule has 0 amide bonds. The second-order valence-electron chi connectivity index (χ2n) is 4.76. The summed E-state index contributed by atoms with van der Waals surface area (Å²) in [5.41, 5.74) is 1.52. The van der Waals surface area contributed by atoms with E-state index >= 15 is 0 Å². The number of H-pyrrole nitrogens is 1. The molecule has 1 heterocycles. The summed E-state index contributed by atoms with van der Waals surface area (Å²) in [6.45, 7) is 4.27. The van der Waals surface area contributed by atoms with Crippen LogP contribution < -0.4 is 21.5 Å². The molecule has 23 heavy (non-hydrogen) atoms. The summed E-state index contributed by atoms with van der Waals surface area (Å²) in [7, 11) is 0. The number of rotatable bonds is 6. The lowest BCUT2D eigenvalue weighted by atomic mass is 10.1. The molecule has 2 rings (SSSR count). The third-order valence-corrected chi connectivity index (χ3v) is 3.13. The van der Waals surface area contributed by atoms with Crippen LogP contribution in [0.5, 0.6) is 0 Å². The van der Waals surface area contributed by atoms with Crippen molar-refractivity contribution >= 4 is 17.8 Å². The SMILES string of the molecule is CCOC(=O)c1ccc(C=CC[n+]2cc[nH]c2C(C)=O)cc1.[Br-]. The molecule has 0 saturated heterocycles. The number of esters is 1. The number of nitrogens with zero attached hydrogens (tertiary/aromatic N) is 1. The molecular weight excluding hydrogens is 360 g/mol. The van der Waals surface area contributed by atoms with Crippen LogP contribution in [0.2, 0.25) is 0 Å². The summed E-state index contributed by atoms with van der Waals surface area (Å²) in [6, 6.07) is 7.19. The smallest absolute Gasteiger partial charge is 0.338 e. The fourth-order valence-corrected chi connectivity index (χ4v) is 2.07. The molecule has 1 aromatic heterocycles. The summed E-state index contributed by atoms with van der Waals surface area (Å²) in [4.78, 5) is 25.9. The molecule has 1 N–H and O–H groups in total. The Labute approximate surface area is 145 Å². The number of aromatic nitrogens is 2. The van der Waals surface area contributed by atoms with Gasteiger partial charge in [0.05, 0.1) is 12.2 Å². The second kappa shape index (κ2) is 9.05. The van der Waals surface area contributed by atoms with E-state index in [1.807, 2.05) is 35.0 Å². The predicted molar refractivity (Wildman–Crippen MR) is 82.4 cm³/mol. The van der Waals surface area contributed by atoms with Gasteiger partial charge in [-0.1, -0.05) is 18.2 Å². The molecule has 6 heteroatoms. The molecule has 0 unspecified atom stereocenters. The minimum atomic E-state index is -0.313. The van der Waals surface area contributed by atoms with E-state index in [4.69, 9.17) is 4.74 Å². The van der Waals surface area contributed by atoms with E-state index in [1.165, 1.54) is 6.92 Å². The Balaban J connectivity index is 0.00000264. The van der Waals surface area contributed by atoms with E-state index in [0.29, 0.717) is 24.5 Å². The van der Waals surface area contributed by atoms with Crippen molar-refractivity contribution in [2.75, 3.05) is 6.61 Å². The Bertz CT molecular complexity index is 690. The molecule has 2 aromatic rings. The van der Waals surface area contributed by atoms with Gasteiger partial charge in [0, 0.05) is 6.92 Å². The van der Waals surface area contributed by atoms with Crippen molar-refractivity contribution in [2.45, 2.75) is 20.4 Å². The molecular formula is C17H19BrN2O3.